The summed E-state index contributed by atoms with van der Waals surface area (Å²) in [4.78, 5) is 9.79. The van der Waals surface area contributed by atoms with Crippen LogP contribution in [-0.2, 0) is 6.18 Å². The van der Waals surface area contributed by atoms with Crippen molar-refractivity contribution in [2.24, 2.45) is 0 Å². The largest absolute Gasteiger partial charge is 0.483 e. The van der Waals surface area contributed by atoms with Crippen molar-refractivity contribution in [1.82, 2.24) is 0 Å². The van der Waals surface area contributed by atoms with E-state index < -0.39 is 28.1 Å². The maximum Gasteiger partial charge on any atom is 0.420 e. The average Bonchev–Trinajstić information content (AvgIpc) is 3.00. The second-order valence-corrected chi connectivity index (χ2v) is 3.73. The van der Waals surface area contributed by atoms with E-state index in [4.69, 9.17) is 4.74 Å². The number of hydrogen-bond acceptors (Lipinski definition) is 3. The third-order valence-electron chi connectivity index (χ3n) is 2.31. The monoisotopic (exact) mass is 247 g/mol. The van der Waals surface area contributed by atoms with E-state index in [-0.39, 0.29) is 6.10 Å². The van der Waals surface area contributed by atoms with Gasteiger partial charge in [-0.25, -0.2) is 0 Å². The lowest BCUT2D eigenvalue weighted by Gasteiger charge is -2.13. The van der Waals surface area contributed by atoms with Crippen molar-refractivity contribution in [2.75, 3.05) is 0 Å². The number of para-hydroxylation sites is 1. The molecule has 0 spiro atoms. The number of nitrogens with zero attached hydrogens (tertiary/aromatic N) is 1. The summed E-state index contributed by atoms with van der Waals surface area (Å²) in [7, 11) is 0. The number of ether oxygens (including phenoxy) is 1. The topological polar surface area (TPSA) is 52.4 Å². The van der Waals surface area contributed by atoms with Crippen molar-refractivity contribution in [3.05, 3.63) is 33.9 Å². The van der Waals surface area contributed by atoms with Crippen molar-refractivity contribution in [1.29, 1.82) is 0 Å². The van der Waals surface area contributed by atoms with E-state index in [1.807, 2.05) is 0 Å². The Labute approximate surface area is 94.1 Å². The highest BCUT2D eigenvalue weighted by molar-refractivity contribution is 5.53. The first kappa shape index (κ1) is 11.7. The summed E-state index contributed by atoms with van der Waals surface area (Å²) in [5, 5.41) is 10.7. The summed E-state index contributed by atoms with van der Waals surface area (Å²) in [6.07, 6.45) is -3.74. The molecule has 0 saturated heterocycles. The second kappa shape index (κ2) is 3.90. The predicted octanol–water partition coefficient (Wildman–Crippen LogP) is 3.15. The van der Waals surface area contributed by atoms with E-state index in [1.165, 1.54) is 0 Å². The van der Waals surface area contributed by atoms with Crippen LogP contribution in [-0.4, -0.2) is 11.0 Å². The lowest BCUT2D eigenvalue weighted by Crippen LogP contribution is -2.11. The minimum absolute atomic E-state index is 0.336. The lowest BCUT2D eigenvalue weighted by atomic mass is 10.1. The number of rotatable bonds is 3. The first-order valence-electron chi connectivity index (χ1n) is 4.91. The Balaban J connectivity index is 2.49. The Morgan fingerprint density at radius 3 is 2.47 bits per heavy atom. The van der Waals surface area contributed by atoms with Gasteiger partial charge in [-0.05, 0) is 18.9 Å². The Kier molecular flexibility index (Phi) is 2.68. The van der Waals surface area contributed by atoms with Crippen molar-refractivity contribution < 1.29 is 22.8 Å². The number of alkyl halides is 3. The number of nitro benzene ring substituents is 1. The van der Waals surface area contributed by atoms with Crippen LogP contribution in [0.25, 0.3) is 0 Å². The fourth-order valence-corrected chi connectivity index (χ4v) is 1.37. The van der Waals surface area contributed by atoms with Crippen LogP contribution in [0.2, 0.25) is 0 Å². The van der Waals surface area contributed by atoms with Crippen LogP contribution in [0.3, 0.4) is 0 Å². The number of benzene rings is 1. The fourth-order valence-electron chi connectivity index (χ4n) is 1.37. The molecule has 7 heteroatoms. The molecule has 0 aliphatic heterocycles. The summed E-state index contributed by atoms with van der Waals surface area (Å²) in [6, 6.07) is 2.79. The molecule has 1 aliphatic carbocycles. The van der Waals surface area contributed by atoms with Crippen molar-refractivity contribution in [3.8, 4) is 5.75 Å². The maximum atomic E-state index is 12.7. The van der Waals surface area contributed by atoms with E-state index in [0.717, 1.165) is 18.2 Å². The molecule has 1 saturated carbocycles. The van der Waals surface area contributed by atoms with E-state index in [9.17, 15) is 23.3 Å². The van der Waals surface area contributed by atoms with Crippen molar-refractivity contribution in [2.45, 2.75) is 25.1 Å². The minimum Gasteiger partial charge on any atom is -0.483 e. The molecule has 1 aliphatic rings. The zero-order valence-electron chi connectivity index (χ0n) is 8.53. The number of hydrogen-bond donors (Lipinski definition) is 0. The molecule has 92 valence electrons. The summed E-state index contributed by atoms with van der Waals surface area (Å²) < 4.78 is 43.0. The SMILES string of the molecule is O=[N+]([O-])c1cccc(C(F)(F)F)c1OC1CC1. The van der Waals surface area contributed by atoms with Crippen LogP contribution in [0.15, 0.2) is 18.2 Å². The summed E-state index contributed by atoms with van der Waals surface area (Å²) in [6.45, 7) is 0. The first-order valence-corrected chi connectivity index (χ1v) is 4.91. The Morgan fingerprint density at radius 2 is 2.00 bits per heavy atom. The van der Waals surface area contributed by atoms with Gasteiger partial charge in [-0.1, -0.05) is 6.07 Å². The molecule has 2 rings (SSSR count). The minimum atomic E-state index is -4.66. The van der Waals surface area contributed by atoms with Gasteiger partial charge in [-0.2, -0.15) is 13.2 Å². The predicted molar refractivity (Wildman–Crippen MR) is 51.7 cm³/mol. The second-order valence-electron chi connectivity index (χ2n) is 3.73. The quantitative estimate of drug-likeness (QED) is 0.609. The number of nitro groups is 1. The van der Waals surface area contributed by atoms with Crippen LogP contribution in [0.1, 0.15) is 18.4 Å². The standard InChI is InChI=1S/C10H8F3NO3/c11-10(12,13)7-2-1-3-8(14(15)16)9(7)17-6-4-5-6/h1-3,6H,4-5H2. The van der Waals surface area contributed by atoms with Gasteiger partial charge >= 0.3 is 11.9 Å². The van der Waals surface area contributed by atoms with Crippen LogP contribution in [0.4, 0.5) is 18.9 Å². The van der Waals surface area contributed by atoms with Gasteiger partial charge in [-0.3, -0.25) is 10.1 Å². The Hall–Kier alpha value is -1.79. The molecule has 1 aromatic rings. The maximum absolute atomic E-state index is 12.7. The molecule has 0 aromatic heterocycles. The van der Waals surface area contributed by atoms with Crippen LogP contribution in [0.5, 0.6) is 5.75 Å². The van der Waals surface area contributed by atoms with Crippen LogP contribution >= 0.6 is 0 Å². The molecule has 0 unspecified atom stereocenters. The van der Waals surface area contributed by atoms with Gasteiger partial charge in [-0.15, -0.1) is 0 Å². The zero-order chi connectivity index (χ0) is 12.6. The highest BCUT2D eigenvalue weighted by Gasteiger charge is 2.39. The normalized spacial score (nSPS) is 15.7. The van der Waals surface area contributed by atoms with Gasteiger partial charge in [0.2, 0.25) is 5.75 Å². The van der Waals surface area contributed by atoms with Crippen LogP contribution < -0.4 is 4.74 Å². The molecule has 0 N–H and O–H groups in total. The Bertz CT molecular complexity index is 455. The third kappa shape index (κ3) is 2.48. The van der Waals surface area contributed by atoms with Gasteiger partial charge in [0.05, 0.1) is 11.0 Å². The van der Waals surface area contributed by atoms with E-state index in [0.29, 0.717) is 12.8 Å². The van der Waals surface area contributed by atoms with E-state index in [1.54, 1.807) is 0 Å². The van der Waals surface area contributed by atoms with Gasteiger partial charge in [0.15, 0.2) is 0 Å². The summed E-state index contributed by atoms with van der Waals surface area (Å²) in [5.74, 6) is -0.674. The van der Waals surface area contributed by atoms with E-state index >= 15 is 0 Å². The summed E-state index contributed by atoms with van der Waals surface area (Å²) in [5.41, 5.74) is -1.75. The molecule has 0 radical (unpaired) electrons. The molecule has 0 amide bonds. The van der Waals surface area contributed by atoms with Gasteiger partial charge < -0.3 is 4.74 Å². The zero-order valence-corrected chi connectivity index (χ0v) is 8.53. The lowest BCUT2D eigenvalue weighted by molar-refractivity contribution is -0.386. The van der Waals surface area contributed by atoms with E-state index in [2.05, 4.69) is 0 Å². The number of halogens is 3. The van der Waals surface area contributed by atoms with Crippen molar-refractivity contribution >= 4 is 5.69 Å². The smallest absolute Gasteiger partial charge is 0.420 e. The highest BCUT2D eigenvalue weighted by Crippen LogP contribution is 2.43. The molecule has 0 bridgehead atoms. The molecular formula is C10H8F3NO3. The van der Waals surface area contributed by atoms with Gasteiger partial charge in [0, 0.05) is 6.07 Å². The van der Waals surface area contributed by atoms with Gasteiger partial charge in [0.25, 0.3) is 0 Å². The average molecular weight is 247 g/mol. The summed E-state index contributed by atoms with van der Waals surface area (Å²) >= 11 is 0. The molecular weight excluding hydrogens is 239 g/mol. The first-order chi connectivity index (χ1) is 7.89. The molecule has 4 nitrogen and oxygen atoms in total. The molecule has 1 aromatic carbocycles. The molecule has 17 heavy (non-hydrogen) atoms. The van der Waals surface area contributed by atoms with Crippen molar-refractivity contribution in [3.63, 3.8) is 0 Å². The molecule has 0 atom stereocenters. The fraction of sp³-hybridized carbons (Fsp3) is 0.400. The molecule has 0 heterocycles. The van der Waals surface area contributed by atoms with Crippen LogP contribution in [0, 0.1) is 10.1 Å². The third-order valence-corrected chi connectivity index (χ3v) is 2.31. The Morgan fingerprint density at radius 1 is 1.35 bits per heavy atom. The highest BCUT2D eigenvalue weighted by atomic mass is 19.4. The molecule has 1 fully saturated rings. The van der Waals surface area contributed by atoms with Gasteiger partial charge in [0.1, 0.15) is 5.56 Å².